The maximum absolute atomic E-state index is 12.1. The van der Waals surface area contributed by atoms with Gasteiger partial charge in [0.1, 0.15) is 4.47 Å². The lowest BCUT2D eigenvalue weighted by Gasteiger charge is -2.16. The Bertz CT molecular complexity index is 571. The van der Waals surface area contributed by atoms with Gasteiger partial charge < -0.3 is 0 Å². The van der Waals surface area contributed by atoms with Gasteiger partial charge >= 0.3 is 5.69 Å². The molecule has 0 amide bonds. The van der Waals surface area contributed by atoms with E-state index in [4.69, 9.17) is 0 Å². The molecule has 0 aromatic carbocycles. The third-order valence-corrected chi connectivity index (χ3v) is 3.72. The summed E-state index contributed by atoms with van der Waals surface area (Å²) in [6.07, 6.45) is 0.641. The maximum Gasteiger partial charge on any atom is 0.338 e. The van der Waals surface area contributed by atoms with Crippen molar-refractivity contribution in [2.45, 2.75) is 40.2 Å². The predicted molar refractivity (Wildman–Crippen MR) is 68.7 cm³/mol. The van der Waals surface area contributed by atoms with Gasteiger partial charge in [0.15, 0.2) is 0 Å². The summed E-state index contributed by atoms with van der Waals surface area (Å²) in [7, 11) is 0. The van der Waals surface area contributed by atoms with E-state index in [0.29, 0.717) is 12.1 Å². The van der Waals surface area contributed by atoms with Crippen molar-refractivity contribution in [3.63, 3.8) is 0 Å². The number of carbonyl (C=O) groups is 1. The zero-order valence-corrected chi connectivity index (χ0v) is 11.9. The number of carbonyl (C=O) groups excluding carboxylic acids is 1. The fourth-order valence-electron chi connectivity index (χ4n) is 1.64. The minimum Gasteiger partial charge on any atom is -0.274 e. The maximum atomic E-state index is 12.1. The number of nitrogens with zero attached hydrogens (tertiary/aromatic N) is 2. The molecule has 0 saturated carbocycles. The van der Waals surface area contributed by atoms with Crippen LogP contribution in [0.1, 0.15) is 43.7 Å². The molecule has 94 valence electrons. The fraction of sp³-hybridized carbons (Fsp3) is 0.545. The summed E-state index contributed by atoms with van der Waals surface area (Å²) in [6, 6.07) is -0.238. The van der Waals surface area contributed by atoms with Crippen LogP contribution in [-0.4, -0.2) is 15.0 Å². The topological polar surface area (TPSA) is 61.1 Å². The normalized spacial score (nSPS) is 12.5. The summed E-state index contributed by atoms with van der Waals surface area (Å²) in [5.74, 6) is -0.398. The van der Waals surface area contributed by atoms with Crippen LogP contribution in [-0.2, 0) is 0 Å². The van der Waals surface area contributed by atoms with E-state index in [1.165, 1.54) is 6.92 Å². The zero-order chi connectivity index (χ0) is 13.3. The molecule has 0 N–H and O–H groups in total. The lowest BCUT2D eigenvalue weighted by Crippen LogP contribution is -2.44. The summed E-state index contributed by atoms with van der Waals surface area (Å²) in [5, 5.41) is 0. The van der Waals surface area contributed by atoms with Crippen molar-refractivity contribution in [2.24, 2.45) is 0 Å². The number of halogens is 1. The second-order valence-electron chi connectivity index (χ2n) is 3.97. The zero-order valence-electron chi connectivity index (χ0n) is 10.3. The Labute approximate surface area is 107 Å². The highest BCUT2D eigenvalue weighted by Crippen LogP contribution is 2.11. The van der Waals surface area contributed by atoms with Gasteiger partial charge in [0.2, 0.25) is 5.91 Å². The van der Waals surface area contributed by atoms with Gasteiger partial charge in [-0.2, -0.15) is 0 Å². The van der Waals surface area contributed by atoms with E-state index in [2.05, 4.69) is 15.9 Å². The molecule has 1 heterocycles. The minimum absolute atomic E-state index is 0.238. The van der Waals surface area contributed by atoms with Gasteiger partial charge in [-0.25, -0.2) is 9.36 Å². The highest BCUT2D eigenvalue weighted by Gasteiger charge is 2.19. The van der Waals surface area contributed by atoms with Crippen LogP contribution in [0, 0.1) is 6.92 Å². The van der Waals surface area contributed by atoms with Gasteiger partial charge in [-0.05, 0) is 36.2 Å². The quantitative estimate of drug-likeness (QED) is 0.835. The molecule has 0 radical (unpaired) electrons. The van der Waals surface area contributed by atoms with Crippen molar-refractivity contribution in [1.82, 2.24) is 9.13 Å². The van der Waals surface area contributed by atoms with Crippen LogP contribution in [0.5, 0.6) is 0 Å². The Balaban J connectivity index is 3.81. The summed E-state index contributed by atoms with van der Waals surface area (Å²) in [5.41, 5.74) is -0.621. The van der Waals surface area contributed by atoms with Gasteiger partial charge in [0.25, 0.3) is 5.56 Å². The summed E-state index contributed by atoms with van der Waals surface area (Å²) in [4.78, 5) is 35.5. The first-order chi connectivity index (χ1) is 7.82. The monoisotopic (exact) mass is 302 g/mol. The number of aromatic nitrogens is 2. The van der Waals surface area contributed by atoms with Crippen molar-refractivity contribution >= 4 is 21.8 Å². The lowest BCUT2D eigenvalue weighted by atomic mass is 10.2. The summed E-state index contributed by atoms with van der Waals surface area (Å²) in [6.45, 7) is 6.51. The van der Waals surface area contributed by atoms with Crippen LogP contribution in [0.15, 0.2) is 14.1 Å². The molecule has 1 unspecified atom stereocenters. The Kier molecular flexibility index (Phi) is 4.08. The largest absolute Gasteiger partial charge is 0.338 e. The van der Waals surface area contributed by atoms with Gasteiger partial charge in [0.05, 0.1) is 0 Å². The van der Waals surface area contributed by atoms with Crippen LogP contribution < -0.4 is 11.2 Å². The first-order valence-electron chi connectivity index (χ1n) is 5.37. The molecule has 0 aliphatic rings. The molecule has 0 aliphatic heterocycles. The fourth-order valence-corrected chi connectivity index (χ4v) is 2.01. The molecule has 1 aromatic heterocycles. The Morgan fingerprint density at radius 2 is 1.94 bits per heavy atom. The molecule has 0 spiro atoms. The average molecular weight is 303 g/mol. The molecule has 0 saturated heterocycles. The third kappa shape index (κ3) is 2.26. The predicted octanol–water partition coefficient (Wildman–Crippen LogP) is 1.71. The third-order valence-electron chi connectivity index (χ3n) is 2.80. The molecule has 6 heteroatoms. The summed E-state index contributed by atoms with van der Waals surface area (Å²) < 4.78 is 2.38. The van der Waals surface area contributed by atoms with Crippen molar-refractivity contribution in [3.8, 4) is 0 Å². The lowest BCUT2D eigenvalue weighted by molar-refractivity contribution is 0.0924. The molecule has 0 aliphatic carbocycles. The first kappa shape index (κ1) is 13.9. The van der Waals surface area contributed by atoms with E-state index in [1.54, 1.807) is 13.8 Å². The smallest absolute Gasteiger partial charge is 0.274 e. The SMILES string of the molecule is CCC(C)n1c(=O)c(Br)c(C)n(C(C)=O)c1=O. The summed E-state index contributed by atoms with van der Waals surface area (Å²) >= 11 is 3.14. The number of hydrogen-bond acceptors (Lipinski definition) is 3. The van der Waals surface area contributed by atoms with Crippen LogP contribution in [0.4, 0.5) is 0 Å². The Hall–Kier alpha value is -1.17. The highest BCUT2D eigenvalue weighted by molar-refractivity contribution is 9.10. The van der Waals surface area contributed by atoms with Gasteiger partial charge in [-0.3, -0.25) is 14.2 Å². The Morgan fingerprint density at radius 1 is 1.41 bits per heavy atom. The van der Waals surface area contributed by atoms with E-state index in [-0.39, 0.29) is 16.1 Å². The molecular formula is C11H15BrN2O3. The molecule has 17 heavy (non-hydrogen) atoms. The second-order valence-corrected chi connectivity index (χ2v) is 4.76. The van der Waals surface area contributed by atoms with E-state index in [9.17, 15) is 14.4 Å². The minimum atomic E-state index is -0.572. The Morgan fingerprint density at radius 3 is 2.35 bits per heavy atom. The van der Waals surface area contributed by atoms with Crippen molar-refractivity contribution < 1.29 is 4.79 Å². The van der Waals surface area contributed by atoms with E-state index >= 15 is 0 Å². The molecule has 0 fully saturated rings. The molecule has 5 nitrogen and oxygen atoms in total. The van der Waals surface area contributed by atoms with Crippen LogP contribution in [0.2, 0.25) is 0 Å². The number of rotatable bonds is 2. The van der Waals surface area contributed by atoms with E-state index in [1.807, 2.05) is 6.92 Å². The van der Waals surface area contributed by atoms with Gasteiger partial charge in [-0.15, -0.1) is 0 Å². The highest BCUT2D eigenvalue weighted by atomic mass is 79.9. The second kappa shape index (κ2) is 5.00. The van der Waals surface area contributed by atoms with E-state index in [0.717, 1.165) is 9.13 Å². The molecule has 1 atom stereocenters. The van der Waals surface area contributed by atoms with Crippen molar-refractivity contribution in [2.75, 3.05) is 0 Å². The van der Waals surface area contributed by atoms with Gasteiger partial charge in [-0.1, -0.05) is 6.92 Å². The van der Waals surface area contributed by atoms with Crippen LogP contribution >= 0.6 is 15.9 Å². The standard InChI is InChI=1S/C11H15BrN2O3/c1-5-6(2)13-10(16)9(12)7(3)14(8(4)15)11(13)17/h6H,5H2,1-4H3. The number of hydrogen-bond donors (Lipinski definition) is 0. The molecular weight excluding hydrogens is 288 g/mol. The van der Waals surface area contributed by atoms with E-state index < -0.39 is 11.6 Å². The van der Waals surface area contributed by atoms with Crippen molar-refractivity contribution in [3.05, 3.63) is 31.0 Å². The molecule has 0 bridgehead atoms. The van der Waals surface area contributed by atoms with Crippen molar-refractivity contribution in [1.29, 1.82) is 0 Å². The average Bonchev–Trinajstić information content (AvgIpc) is 2.25. The van der Waals surface area contributed by atoms with Crippen LogP contribution in [0.3, 0.4) is 0 Å². The van der Waals surface area contributed by atoms with Crippen LogP contribution in [0.25, 0.3) is 0 Å². The van der Waals surface area contributed by atoms with Gasteiger partial charge in [0, 0.05) is 18.7 Å². The first-order valence-corrected chi connectivity index (χ1v) is 6.16. The molecule has 1 rings (SSSR count). The molecule has 1 aromatic rings.